The van der Waals surface area contributed by atoms with Crippen LogP contribution in [0.5, 0.6) is 0 Å². The summed E-state index contributed by atoms with van der Waals surface area (Å²) in [7, 11) is 0. The molecule has 1 heterocycles. The number of furan rings is 1. The van der Waals surface area contributed by atoms with E-state index in [4.69, 9.17) is 4.42 Å². The molecule has 0 saturated carbocycles. The van der Waals surface area contributed by atoms with Crippen LogP contribution in [0.4, 0.5) is 5.69 Å². The molecule has 2 aromatic rings. The Bertz CT molecular complexity index is 715. The van der Waals surface area contributed by atoms with Crippen LogP contribution >= 0.6 is 0 Å². The van der Waals surface area contributed by atoms with Crippen LogP contribution in [0.1, 0.15) is 45.4 Å². The number of nitrogens with one attached hydrogen (secondary N) is 1. The van der Waals surface area contributed by atoms with Crippen molar-refractivity contribution in [1.82, 2.24) is 5.32 Å². The van der Waals surface area contributed by atoms with E-state index in [9.17, 15) is 9.59 Å². The van der Waals surface area contributed by atoms with Crippen molar-refractivity contribution in [2.45, 2.75) is 46.1 Å². The molecule has 0 aliphatic heterocycles. The maximum atomic E-state index is 12.2. The van der Waals surface area contributed by atoms with Crippen molar-refractivity contribution in [3.05, 3.63) is 54.0 Å². The maximum absolute atomic E-state index is 12.2. The summed E-state index contributed by atoms with van der Waals surface area (Å²) in [5.41, 5.74) is 1.86. The van der Waals surface area contributed by atoms with Crippen molar-refractivity contribution in [3.8, 4) is 0 Å². The van der Waals surface area contributed by atoms with Crippen LogP contribution in [-0.2, 0) is 21.5 Å². The second kappa shape index (κ2) is 8.01. The van der Waals surface area contributed by atoms with E-state index in [1.54, 1.807) is 17.2 Å². The summed E-state index contributed by atoms with van der Waals surface area (Å²) >= 11 is 0. The second-order valence-corrected chi connectivity index (χ2v) is 7.04. The number of anilines is 1. The average Bonchev–Trinajstić information content (AvgIpc) is 3.06. The number of amides is 2. The van der Waals surface area contributed by atoms with Gasteiger partial charge in [-0.05, 0) is 29.2 Å². The molecule has 1 aromatic heterocycles. The number of rotatable bonds is 6. The minimum atomic E-state index is -0.115. The molecule has 0 atom stereocenters. The maximum Gasteiger partial charge on any atom is 0.223 e. The molecule has 0 radical (unpaired) electrons. The molecule has 0 aliphatic rings. The molecule has 25 heavy (non-hydrogen) atoms. The fraction of sp³-hybridized carbons (Fsp3) is 0.400. The van der Waals surface area contributed by atoms with E-state index in [1.165, 1.54) is 6.92 Å². The molecule has 2 amide bonds. The molecule has 0 saturated heterocycles. The summed E-state index contributed by atoms with van der Waals surface area (Å²) in [6.45, 7) is 8.55. The van der Waals surface area contributed by atoms with Crippen LogP contribution in [0, 0.1) is 0 Å². The van der Waals surface area contributed by atoms with E-state index >= 15 is 0 Å². The topological polar surface area (TPSA) is 62.6 Å². The molecule has 5 nitrogen and oxygen atoms in total. The van der Waals surface area contributed by atoms with Crippen molar-refractivity contribution in [3.63, 3.8) is 0 Å². The van der Waals surface area contributed by atoms with Gasteiger partial charge in [-0.3, -0.25) is 9.59 Å². The fourth-order valence-electron chi connectivity index (χ4n) is 2.69. The highest BCUT2D eigenvalue weighted by Gasteiger charge is 2.23. The molecule has 0 fully saturated rings. The van der Waals surface area contributed by atoms with Crippen LogP contribution in [-0.4, -0.2) is 18.4 Å². The molecule has 0 aliphatic carbocycles. The van der Waals surface area contributed by atoms with Crippen molar-refractivity contribution < 1.29 is 14.0 Å². The summed E-state index contributed by atoms with van der Waals surface area (Å²) in [6, 6.07) is 11.4. The number of para-hydroxylation sites is 1. The summed E-state index contributed by atoms with van der Waals surface area (Å²) in [4.78, 5) is 25.9. The van der Waals surface area contributed by atoms with E-state index in [2.05, 4.69) is 26.1 Å². The summed E-state index contributed by atoms with van der Waals surface area (Å²) in [5.74, 6) is 0.515. The fourth-order valence-corrected chi connectivity index (χ4v) is 2.69. The first-order valence-electron chi connectivity index (χ1n) is 8.45. The monoisotopic (exact) mass is 342 g/mol. The van der Waals surface area contributed by atoms with Crippen LogP contribution in [0.3, 0.4) is 0 Å². The summed E-state index contributed by atoms with van der Waals surface area (Å²) in [5, 5.41) is 2.81. The van der Waals surface area contributed by atoms with E-state index < -0.39 is 0 Å². The first-order chi connectivity index (χ1) is 11.8. The number of carbonyl (C=O) groups excluding carboxylic acids is 2. The van der Waals surface area contributed by atoms with Crippen molar-refractivity contribution >= 4 is 17.5 Å². The Morgan fingerprint density at radius 3 is 2.44 bits per heavy atom. The number of benzene rings is 1. The molecule has 5 heteroatoms. The average molecular weight is 342 g/mol. The zero-order valence-corrected chi connectivity index (χ0v) is 15.3. The Balaban J connectivity index is 2.04. The van der Waals surface area contributed by atoms with Gasteiger partial charge in [0.25, 0.3) is 0 Å². The highest BCUT2D eigenvalue weighted by Crippen LogP contribution is 2.32. The number of hydrogen-bond donors (Lipinski definition) is 1. The molecular formula is C20H26N2O3. The zero-order chi connectivity index (χ0) is 18.4. The van der Waals surface area contributed by atoms with Gasteiger partial charge >= 0.3 is 0 Å². The summed E-state index contributed by atoms with van der Waals surface area (Å²) < 4.78 is 5.19. The molecule has 0 spiro atoms. The zero-order valence-electron chi connectivity index (χ0n) is 15.3. The normalized spacial score (nSPS) is 11.2. The molecule has 0 unspecified atom stereocenters. The Labute approximate surface area is 149 Å². The molecule has 2 rings (SSSR count). The second-order valence-electron chi connectivity index (χ2n) is 7.04. The van der Waals surface area contributed by atoms with Crippen molar-refractivity contribution in [2.24, 2.45) is 0 Å². The van der Waals surface area contributed by atoms with Gasteiger partial charge in [-0.2, -0.15) is 0 Å². The largest absolute Gasteiger partial charge is 0.467 e. The Kier molecular flexibility index (Phi) is 6.02. The quantitative estimate of drug-likeness (QED) is 0.872. The Morgan fingerprint density at radius 2 is 1.84 bits per heavy atom. The molecule has 1 aromatic carbocycles. The first kappa shape index (κ1) is 18.8. The third kappa shape index (κ3) is 5.21. The number of hydrogen-bond acceptors (Lipinski definition) is 3. The SMILES string of the molecule is CC(=O)N(CCC(=O)NCc1ccco1)c1ccccc1C(C)(C)C. The predicted octanol–water partition coefficient (Wildman–Crippen LogP) is 3.64. The third-order valence-corrected chi connectivity index (χ3v) is 3.99. The standard InChI is InChI=1S/C20H26N2O3/c1-15(23)22(18-10-6-5-9-17(18)20(2,3)4)12-11-19(24)21-14-16-8-7-13-25-16/h5-10,13H,11-12,14H2,1-4H3,(H,21,24). The molecule has 0 bridgehead atoms. The van der Waals surface area contributed by atoms with Crippen LogP contribution < -0.4 is 10.2 Å². The molecule has 1 N–H and O–H groups in total. The van der Waals surface area contributed by atoms with Crippen LogP contribution in [0.2, 0.25) is 0 Å². The number of carbonyl (C=O) groups is 2. The van der Waals surface area contributed by atoms with Gasteiger partial charge in [0.05, 0.1) is 12.8 Å². The minimum Gasteiger partial charge on any atom is -0.467 e. The highest BCUT2D eigenvalue weighted by atomic mass is 16.3. The minimum absolute atomic E-state index is 0.0736. The third-order valence-electron chi connectivity index (χ3n) is 3.99. The van der Waals surface area contributed by atoms with Gasteiger partial charge in [0.15, 0.2) is 0 Å². The molecular weight excluding hydrogens is 316 g/mol. The highest BCUT2D eigenvalue weighted by molar-refractivity contribution is 5.93. The lowest BCUT2D eigenvalue weighted by molar-refractivity contribution is -0.121. The van der Waals surface area contributed by atoms with Gasteiger partial charge in [-0.15, -0.1) is 0 Å². The van der Waals surface area contributed by atoms with E-state index in [-0.39, 0.29) is 23.7 Å². The van der Waals surface area contributed by atoms with Crippen LogP contribution in [0.25, 0.3) is 0 Å². The lowest BCUT2D eigenvalue weighted by Gasteiger charge is -2.29. The predicted molar refractivity (Wildman–Crippen MR) is 98.3 cm³/mol. The van der Waals surface area contributed by atoms with E-state index in [1.807, 2.05) is 30.3 Å². The van der Waals surface area contributed by atoms with Gasteiger partial charge in [0, 0.05) is 25.6 Å². The van der Waals surface area contributed by atoms with Gasteiger partial charge in [-0.25, -0.2) is 0 Å². The van der Waals surface area contributed by atoms with Crippen LogP contribution in [0.15, 0.2) is 47.1 Å². The van der Waals surface area contributed by atoms with Gasteiger partial charge in [0.1, 0.15) is 5.76 Å². The van der Waals surface area contributed by atoms with Crippen molar-refractivity contribution in [2.75, 3.05) is 11.4 Å². The smallest absolute Gasteiger partial charge is 0.223 e. The van der Waals surface area contributed by atoms with E-state index in [0.29, 0.717) is 18.8 Å². The van der Waals surface area contributed by atoms with Gasteiger partial charge in [-0.1, -0.05) is 39.0 Å². The number of nitrogens with zero attached hydrogens (tertiary/aromatic N) is 1. The lowest BCUT2D eigenvalue weighted by Crippen LogP contribution is -2.35. The lowest BCUT2D eigenvalue weighted by atomic mass is 9.85. The first-order valence-corrected chi connectivity index (χ1v) is 8.45. The van der Waals surface area contributed by atoms with Gasteiger partial charge < -0.3 is 14.6 Å². The Hall–Kier alpha value is -2.56. The molecule has 134 valence electrons. The van der Waals surface area contributed by atoms with Gasteiger partial charge in [0.2, 0.25) is 11.8 Å². The summed E-state index contributed by atoms with van der Waals surface area (Å²) in [6.07, 6.45) is 1.81. The van der Waals surface area contributed by atoms with Crippen molar-refractivity contribution in [1.29, 1.82) is 0 Å². The van der Waals surface area contributed by atoms with E-state index in [0.717, 1.165) is 11.3 Å². The Morgan fingerprint density at radius 1 is 1.12 bits per heavy atom.